The van der Waals surface area contributed by atoms with Gasteiger partial charge in [0.1, 0.15) is 5.78 Å². The van der Waals surface area contributed by atoms with Crippen molar-refractivity contribution in [1.29, 1.82) is 0 Å². The minimum Gasteiger partial charge on any atom is -0.300 e. The molecule has 24 heavy (non-hydrogen) atoms. The minimum absolute atomic E-state index is 0.155. The van der Waals surface area contributed by atoms with Gasteiger partial charge in [-0.25, -0.2) is 0 Å². The molecule has 1 aromatic carbocycles. The summed E-state index contributed by atoms with van der Waals surface area (Å²) in [7, 11) is 0. The molecule has 0 N–H and O–H groups in total. The second-order valence-corrected chi connectivity index (χ2v) is 7.33. The lowest BCUT2D eigenvalue weighted by molar-refractivity contribution is -0.120. The predicted octanol–water partition coefficient (Wildman–Crippen LogP) is 6.00. The van der Waals surface area contributed by atoms with Crippen LogP contribution in [-0.2, 0) is 4.79 Å². The summed E-state index contributed by atoms with van der Waals surface area (Å²) in [5.41, 5.74) is 0.761. The van der Waals surface area contributed by atoms with Crippen LogP contribution < -0.4 is 0 Å². The molecule has 0 spiro atoms. The van der Waals surface area contributed by atoms with Crippen molar-refractivity contribution in [2.75, 3.05) is 0 Å². The number of hydrogen-bond acceptors (Lipinski definition) is 2. The van der Waals surface area contributed by atoms with Crippen LogP contribution in [0.1, 0.15) is 87.9 Å². The summed E-state index contributed by atoms with van der Waals surface area (Å²) in [6.07, 6.45) is 11.5. The van der Waals surface area contributed by atoms with Crippen molar-refractivity contribution in [2.45, 2.75) is 77.6 Å². The Morgan fingerprint density at radius 2 is 1.67 bits per heavy atom. The minimum atomic E-state index is 0.155. The van der Waals surface area contributed by atoms with Crippen LogP contribution in [0.15, 0.2) is 30.3 Å². The Morgan fingerprint density at radius 1 is 0.958 bits per heavy atom. The molecule has 1 saturated carbocycles. The number of carbonyl (C=O) groups is 2. The molecule has 0 aliphatic heterocycles. The molecule has 0 bridgehead atoms. The predicted molar refractivity (Wildman–Crippen MR) is 99.2 cm³/mol. The van der Waals surface area contributed by atoms with E-state index in [0.717, 1.165) is 17.9 Å². The Balaban J connectivity index is 1.71. The van der Waals surface area contributed by atoms with E-state index in [1.807, 2.05) is 30.3 Å². The Bertz CT molecular complexity index is 506. The van der Waals surface area contributed by atoms with Gasteiger partial charge >= 0.3 is 0 Å². The van der Waals surface area contributed by atoms with Gasteiger partial charge < -0.3 is 0 Å². The molecule has 1 aliphatic carbocycles. The van der Waals surface area contributed by atoms with Gasteiger partial charge in [-0.15, -0.1) is 0 Å². The second-order valence-electron chi connectivity index (χ2n) is 7.33. The van der Waals surface area contributed by atoms with Crippen LogP contribution in [0.2, 0.25) is 0 Å². The Labute approximate surface area is 147 Å². The van der Waals surface area contributed by atoms with Gasteiger partial charge in [-0.3, -0.25) is 9.59 Å². The summed E-state index contributed by atoms with van der Waals surface area (Å²) in [4.78, 5) is 24.4. The standard InChI is InChI=1S/C22H32O2/c1-2-3-10-18-11-7-8-14-20(18)17-21(23)15-9-16-22(24)19-12-5-4-6-13-19/h4-6,12-13,18,20H,2-3,7-11,14-17H2,1H3. The van der Waals surface area contributed by atoms with Crippen molar-refractivity contribution in [3.8, 4) is 0 Å². The molecule has 2 rings (SSSR count). The topological polar surface area (TPSA) is 34.1 Å². The number of benzene rings is 1. The van der Waals surface area contributed by atoms with E-state index < -0.39 is 0 Å². The summed E-state index contributed by atoms with van der Waals surface area (Å²) in [6.45, 7) is 2.24. The third kappa shape index (κ3) is 6.22. The maximum absolute atomic E-state index is 12.3. The van der Waals surface area contributed by atoms with E-state index in [1.54, 1.807) is 0 Å². The summed E-state index contributed by atoms with van der Waals surface area (Å²) in [5.74, 6) is 1.88. The number of rotatable bonds is 10. The molecule has 1 aromatic rings. The van der Waals surface area contributed by atoms with E-state index in [-0.39, 0.29) is 5.78 Å². The number of hydrogen-bond donors (Lipinski definition) is 0. The molecule has 2 atom stereocenters. The lowest BCUT2D eigenvalue weighted by Crippen LogP contribution is -2.22. The molecular weight excluding hydrogens is 296 g/mol. The third-order valence-electron chi connectivity index (χ3n) is 5.44. The Hall–Kier alpha value is -1.44. The van der Waals surface area contributed by atoms with E-state index in [1.165, 1.54) is 44.9 Å². The first-order chi connectivity index (χ1) is 11.7. The highest BCUT2D eigenvalue weighted by Gasteiger charge is 2.26. The number of unbranched alkanes of at least 4 members (excludes halogenated alkanes) is 1. The number of carbonyl (C=O) groups excluding carboxylic acids is 2. The zero-order valence-corrected chi connectivity index (χ0v) is 15.1. The third-order valence-corrected chi connectivity index (χ3v) is 5.44. The number of ketones is 2. The van der Waals surface area contributed by atoms with Crippen LogP contribution in [-0.4, -0.2) is 11.6 Å². The fraction of sp³-hybridized carbons (Fsp3) is 0.636. The summed E-state index contributed by atoms with van der Waals surface area (Å²) in [5, 5.41) is 0. The first kappa shape index (κ1) is 18.9. The highest BCUT2D eigenvalue weighted by molar-refractivity contribution is 5.96. The van der Waals surface area contributed by atoms with E-state index in [2.05, 4.69) is 6.92 Å². The summed E-state index contributed by atoms with van der Waals surface area (Å²) in [6, 6.07) is 9.39. The van der Waals surface area contributed by atoms with Crippen molar-refractivity contribution >= 4 is 11.6 Å². The maximum Gasteiger partial charge on any atom is 0.162 e. The van der Waals surface area contributed by atoms with Crippen LogP contribution in [0, 0.1) is 11.8 Å². The maximum atomic E-state index is 12.3. The van der Waals surface area contributed by atoms with Crippen molar-refractivity contribution in [2.24, 2.45) is 11.8 Å². The van der Waals surface area contributed by atoms with Gasteiger partial charge in [0.2, 0.25) is 0 Å². The van der Waals surface area contributed by atoms with Crippen molar-refractivity contribution in [3.63, 3.8) is 0 Å². The molecule has 1 fully saturated rings. The zero-order valence-electron chi connectivity index (χ0n) is 15.1. The molecule has 0 aromatic heterocycles. The molecule has 2 nitrogen and oxygen atoms in total. The van der Waals surface area contributed by atoms with Crippen LogP contribution in [0.25, 0.3) is 0 Å². The van der Waals surface area contributed by atoms with Gasteiger partial charge in [0.05, 0.1) is 0 Å². The molecule has 0 amide bonds. The van der Waals surface area contributed by atoms with E-state index in [0.29, 0.717) is 31.0 Å². The lowest BCUT2D eigenvalue weighted by atomic mass is 9.74. The van der Waals surface area contributed by atoms with Crippen molar-refractivity contribution in [3.05, 3.63) is 35.9 Å². The molecule has 0 heterocycles. The average Bonchev–Trinajstić information content (AvgIpc) is 2.61. The van der Waals surface area contributed by atoms with Crippen molar-refractivity contribution in [1.82, 2.24) is 0 Å². The highest BCUT2D eigenvalue weighted by atomic mass is 16.1. The fourth-order valence-electron chi connectivity index (χ4n) is 4.01. The lowest BCUT2D eigenvalue weighted by Gasteiger charge is -2.31. The quantitative estimate of drug-likeness (QED) is 0.494. The van der Waals surface area contributed by atoms with Crippen molar-refractivity contribution < 1.29 is 9.59 Å². The second kappa shape index (κ2) is 10.4. The van der Waals surface area contributed by atoms with Gasteiger partial charge in [0.15, 0.2) is 5.78 Å². The zero-order chi connectivity index (χ0) is 17.2. The van der Waals surface area contributed by atoms with E-state index in [9.17, 15) is 9.59 Å². The molecule has 0 radical (unpaired) electrons. The summed E-state index contributed by atoms with van der Waals surface area (Å²) < 4.78 is 0. The van der Waals surface area contributed by atoms with Gasteiger partial charge in [0.25, 0.3) is 0 Å². The van der Waals surface area contributed by atoms with Gasteiger partial charge in [0, 0.05) is 24.8 Å². The SMILES string of the molecule is CCCCC1CCCCC1CC(=O)CCCC(=O)c1ccccc1. The highest BCUT2D eigenvalue weighted by Crippen LogP contribution is 2.36. The molecule has 2 unspecified atom stereocenters. The van der Waals surface area contributed by atoms with E-state index in [4.69, 9.17) is 0 Å². The normalized spacial score (nSPS) is 20.7. The monoisotopic (exact) mass is 328 g/mol. The molecule has 1 aliphatic rings. The van der Waals surface area contributed by atoms with Crippen LogP contribution in [0.3, 0.4) is 0 Å². The Morgan fingerprint density at radius 3 is 2.38 bits per heavy atom. The van der Waals surface area contributed by atoms with E-state index >= 15 is 0 Å². The molecule has 132 valence electrons. The van der Waals surface area contributed by atoms with Gasteiger partial charge in [-0.2, -0.15) is 0 Å². The van der Waals surface area contributed by atoms with Crippen LogP contribution in [0.5, 0.6) is 0 Å². The van der Waals surface area contributed by atoms with Crippen LogP contribution >= 0.6 is 0 Å². The summed E-state index contributed by atoms with van der Waals surface area (Å²) >= 11 is 0. The smallest absolute Gasteiger partial charge is 0.162 e. The Kier molecular flexibility index (Phi) is 8.21. The first-order valence-corrected chi connectivity index (χ1v) is 9.80. The van der Waals surface area contributed by atoms with Gasteiger partial charge in [-0.1, -0.05) is 75.8 Å². The average molecular weight is 328 g/mol. The molecule has 0 saturated heterocycles. The van der Waals surface area contributed by atoms with Gasteiger partial charge in [-0.05, 0) is 24.7 Å². The first-order valence-electron chi connectivity index (χ1n) is 9.80. The fourth-order valence-corrected chi connectivity index (χ4v) is 4.01. The molecular formula is C22H32O2. The molecule has 2 heteroatoms. The number of Topliss-reactive ketones (excluding diaryl/α,β-unsaturated/α-hetero) is 2. The largest absolute Gasteiger partial charge is 0.300 e. The van der Waals surface area contributed by atoms with Crippen LogP contribution in [0.4, 0.5) is 0 Å².